The van der Waals surface area contributed by atoms with E-state index in [0.717, 1.165) is 24.2 Å². The molecule has 0 amide bonds. The van der Waals surface area contributed by atoms with Crippen LogP contribution in [0, 0.1) is 12.3 Å². The van der Waals surface area contributed by atoms with E-state index in [1.807, 2.05) is 13.0 Å². The molecule has 0 aliphatic heterocycles. The Bertz CT molecular complexity index is 429. The third kappa shape index (κ3) is 2.39. The Morgan fingerprint density at radius 1 is 1.65 bits per heavy atom. The van der Waals surface area contributed by atoms with Gasteiger partial charge in [0.05, 0.1) is 12.2 Å². The summed E-state index contributed by atoms with van der Waals surface area (Å²) in [5.41, 5.74) is 7.26. The number of pyridine rings is 1. The van der Waals surface area contributed by atoms with Gasteiger partial charge in [0.15, 0.2) is 0 Å². The molecular formula is C12H18N4O. The molecule has 0 atom stereocenters. The van der Waals surface area contributed by atoms with E-state index in [1.165, 1.54) is 0 Å². The quantitative estimate of drug-likeness (QED) is 0.515. The van der Waals surface area contributed by atoms with Crippen molar-refractivity contribution in [2.75, 3.05) is 18.1 Å². The van der Waals surface area contributed by atoms with Crippen molar-refractivity contribution >= 4 is 11.7 Å². The minimum absolute atomic E-state index is 0.0363. The maximum Gasteiger partial charge on any atom is 0.140 e. The van der Waals surface area contributed by atoms with Crippen LogP contribution < -0.4 is 10.6 Å². The van der Waals surface area contributed by atoms with Crippen LogP contribution in [0.3, 0.4) is 0 Å². The number of aliphatic hydroxyl groups excluding tert-OH is 1. The molecule has 0 bridgehead atoms. The van der Waals surface area contributed by atoms with Gasteiger partial charge in [0.1, 0.15) is 11.7 Å². The smallest absolute Gasteiger partial charge is 0.140 e. The number of anilines is 1. The van der Waals surface area contributed by atoms with Gasteiger partial charge in [-0.1, -0.05) is 0 Å². The van der Waals surface area contributed by atoms with Gasteiger partial charge in [-0.25, -0.2) is 4.98 Å². The van der Waals surface area contributed by atoms with Crippen LogP contribution in [0.15, 0.2) is 12.3 Å². The number of nitrogens with two attached hydrogens (primary N) is 1. The monoisotopic (exact) mass is 234 g/mol. The molecule has 1 fully saturated rings. The fourth-order valence-electron chi connectivity index (χ4n) is 2.05. The predicted molar refractivity (Wildman–Crippen MR) is 67.4 cm³/mol. The zero-order chi connectivity index (χ0) is 12.4. The van der Waals surface area contributed by atoms with Crippen LogP contribution in [0.4, 0.5) is 5.82 Å². The Morgan fingerprint density at radius 3 is 2.88 bits per heavy atom. The van der Waals surface area contributed by atoms with E-state index in [1.54, 1.807) is 6.20 Å². The highest BCUT2D eigenvalue weighted by atomic mass is 16.3. The number of nitrogen functional groups attached to an aromatic ring is 1. The van der Waals surface area contributed by atoms with Gasteiger partial charge < -0.3 is 15.7 Å². The molecule has 5 heteroatoms. The molecule has 0 radical (unpaired) electrons. The van der Waals surface area contributed by atoms with Crippen LogP contribution in [0.1, 0.15) is 24.0 Å². The third-order valence-corrected chi connectivity index (χ3v) is 3.01. The SMILES string of the molecule is Cc1ccnc(N(CCO)C2CC2)c1C(=N)N. The van der Waals surface area contributed by atoms with Gasteiger partial charge in [0.25, 0.3) is 0 Å². The molecule has 1 heterocycles. The van der Waals surface area contributed by atoms with Crippen LogP contribution in [-0.4, -0.2) is 35.1 Å². The highest BCUT2D eigenvalue weighted by Gasteiger charge is 2.31. The average Bonchev–Trinajstić information content (AvgIpc) is 3.08. The van der Waals surface area contributed by atoms with Crippen molar-refractivity contribution in [3.8, 4) is 0 Å². The van der Waals surface area contributed by atoms with Gasteiger partial charge in [0, 0.05) is 18.8 Å². The van der Waals surface area contributed by atoms with Crippen molar-refractivity contribution < 1.29 is 5.11 Å². The molecule has 0 spiro atoms. The van der Waals surface area contributed by atoms with E-state index < -0.39 is 0 Å². The number of rotatable bonds is 5. The summed E-state index contributed by atoms with van der Waals surface area (Å²) in [6, 6.07) is 2.29. The third-order valence-electron chi connectivity index (χ3n) is 3.01. The fourth-order valence-corrected chi connectivity index (χ4v) is 2.05. The molecule has 1 aliphatic carbocycles. The average molecular weight is 234 g/mol. The fraction of sp³-hybridized carbons (Fsp3) is 0.500. The minimum atomic E-state index is 0.0363. The molecule has 17 heavy (non-hydrogen) atoms. The van der Waals surface area contributed by atoms with Crippen molar-refractivity contribution in [3.05, 3.63) is 23.4 Å². The van der Waals surface area contributed by atoms with Crippen LogP contribution in [0.25, 0.3) is 0 Å². The second-order valence-corrected chi connectivity index (χ2v) is 4.39. The Morgan fingerprint density at radius 2 is 2.35 bits per heavy atom. The second-order valence-electron chi connectivity index (χ2n) is 4.39. The molecule has 1 saturated carbocycles. The number of hydrogen-bond donors (Lipinski definition) is 3. The maximum absolute atomic E-state index is 9.12. The first-order valence-electron chi connectivity index (χ1n) is 5.82. The highest BCUT2D eigenvalue weighted by Crippen LogP contribution is 2.32. The van der Waals surface area contributed by atoms with Crippen molar-refractivity contribution in [1.82, 2.24) is 4.98 Å². The lowest BCUT2D eigenvalue weighted by atomic mass is 10.1. The highest BCUT2D eigenvalue weighted by molar-refractivity contribution is 6.01. The Hall–Kier alpha value is -1.62. The van der Waals surface area contributed by atoms with E-state index in [0.29, 0.717) is 18.2 Å². The summed E-state index contributed by atoms with van der Waals surface area (Å²) in [7, 11) is 0. The molecule has 5 nitrogen and oxygen atoms in total. The number of aryl methyl sites for hydroxylation is 1. The van der Waals surface area contributed by atoms with E-state index in [9.17, 15) is 0 Å². The van der Waals surface area contributed by atoms with Crippen molar-refractivity contribution in [3.63, 3.8) is 0 Å². The number of aliphatic hydroxyl groups is 1. The topological polar surface area (TPSA) is 86.2 Å². The first-order chi connectivity index (χ1) is 8.15. The van der Waals surface area contributed by atoms with E-state index in [2.05, 4.69) is 9.88 Å². The van der Waals surface area contributed by atoms with Gasteiger partial charge in [-0.3, -0.25) is 5.41 Å². The zero-order valence-electron chi connectivity index (χ0n) is 9.98. The first kappa shape index (κ1) is 11.9. The number of aromatic nitrogens is 1. The summed E-state index contributed by atoms with van der Waals surface area (Å²) in [6.07, 6.45) is 3.96. The van der Waals surface area contributed by atoms with E-state index in [-0.39, 0.29) is 12.4 Å². The first-order valence-corrected chi connectivity index (χ1v) is 5.82. The summed E-state index contributed by atoms with van der Waals surface area (Å²) in [4.78, 5) is 6.39. The standard InChI is InChI=1S/C12H18N4O/c1-8-4-5-15-12(10(8)11(13)14)16(6-7-17)9-2-3-9/h4-5,9,17H,2-3,6-7H2,1H3,(H3,13,14). The second kappa shape index (κ2) is 4.71. The molecule has 0 aromatic carbocycles. The van der Waals surface area contributed by atoms with Crippen LogP contribution >= 0.6 is 0 Å². The molecule has 1 aromatic heterocycles. The molecule has 0 unspecified atom stereocenters. The van der Waals surface area contributed by atoms with Crippen LogP contribution in [0.2, 0.25) is 0 Å². The lowest BCUT2D eigenvalue weighted by Gasteiger charge is -2.25. The maximum atomic E-state index is 9.12. The predicted octanol–water partition coefficient (Wildman–Crippen LogP) is 0.635. The Balaban J connectivity index is 2.41. The lowest BCUT2D eigenvalue weighted by molar-refractivity contribution is 0.301. The molecule has 1 aromatic rings. The molecule has 0 saturated heterocycles. The largest absolute Gasteiger partial charge is 0.395 e. The number of amidine groups is 1. The molecule has 1 aliphatic rings. The summed E-state index contributed by atoms with van der Waals surface area (Å²) < 4.78 is 0. The lowest BCUT2D eigenvalue weighted by Crippen LogP contribution is -2.32. The summed E-state index contributed by atoms with van der Waals surface area (Å²) in [6.45, 7) is 2.55. The van der Waals surface area contributed by atoms with Gasteiger partial charge >= 0.3 is 0 Å². The van der Waals surface area contributed by atoms with Gasteiger partial charge in [-0.05, 0) is 31.4 Å². The van der Waals surface area contributed by atoms with Gasteiger partial charge in [0.2, 0.25) is 0 Å². The Labute approximate surface area is 101 Å². The van der Waals surface area contributed by atoms with E-state index in [4.69, 9.17) is 16.2 Å². The van der Waals surface area contributed by atoms with Crippen molar-refractivity contribution in [2.45, 2.75) is 25.8 Å². The molecule has 92 valence electrons. The van der Waals surface area contributed by atoms with Gasteiger partial charge in [-0.2, -0.15) is 0 Å². The molecule has 4 N–H and O–H groups in total. The van der Waals surface area contributed by atoms with E-state index >= 15 is 0 Å². The number of nitrogens with zero attached hydrogens (tertiary/aromatic N) is 2. The van der Waals surface area contributed by atoms with Gasteiger partial charge in [-0.15, -0.1) is 0 Å². The summed E-state index contributed by atoms with van der Waals surface area (Å²) in [5, 5.41) is 16.8. The zero-order valence-corrected chi connectivity index (χ0v) is 9.98. The minimum Gasteiger partial charge on any atom is -0.395 e. The summed E-state index contributed by atoms with van der Waals surface area (Å²) >= 11 is 0. The normalized spacial score (nSPS) is 14.7. The molecular weight excluding hydrogens is 216 g/mol. The van der Waals surface area contributed by atoms with Crippen LogP contribution in [-0.2, 0) is 0 Å². The number of hydrogen-bond acceptors (Lipinski definition) is 4. The number of nitrogens with one attached hydrogen (secondary N) is 1. The van der Waals surface area contributed by atoms with Crippen molar-refractivity contribution in [1.29, 1.82) is 5.41 Å². The molecule has 2 rings (SSSR count). The Kier molecular flexibility index (Phi) is 3.28. The van der Waals surface area contributed by atoms with Crippen molar-refractivity contribution in [2.24, 2.45) is 5.73 Å². The van der Waals surface area contributed by atoms with Crippen LogP contribution in [0.5, 0.6) is 0 Å². The summed E-state index contributed by atoms with van der Waals surface area (Å²) in [5.74, 6) is 0.767.